The lowest BCUT2D eigenvalue weighted by Gasteiger charge is -2.20. The van der Waals surface area contributed by atoms with Gasteiger partial charge in [-0.15, -0.1) is 11.3 Å². The van der Waals surface area contributed by atoms with Crippen LogP contribution in [0.25, 0.3) is 4.96 Å². The van der Waals surface area contributed by atoms with Crippen LogP contribution in [0.3, 0.4) is 0 Å². The van der Waals surface area contributed by atoms with Crippen molar-refractivity contribution in [2.24, 2.45) is 0 Å². The normalized spacial score (nSPS) is 18.7. The van der Waals surface area contributed by atoms with E-state index in [0.29, 0.717) is 4.96 Å². The van der Waals surface area contributed by atoms with E-state index in [1.165, 1.54) is 35.0 Å². The van der Waals surface area contributed by atoms with Crippen LogP contribution in [0.4, 0.5) is 0 Å². The van der Waals surface area contributed by atoms with Crippen LogP contribution in [0.1, 0.15) is 44.9 Å². The number of nitrogens with one attached hydrogen (secondary N) is 1. The number of hydrogen-bond donors (Lipinski definition) is 1. The first-order valence-corrected chi connectivity index (χ1v) is 9.95. The lowest BCUT2D eigenvalue weighted by molar-refractivity contribution is 0.426. The Bertz CT molecular complexity index is 715. The van der Waals surface area contributed by atoms with Crippen LogP contribution >= 0.6 is 22.9 Å². The van der Waals surface area contributed by atoms with Gasteiger partial charge in [0.15, 0.2) is 15.1 Å². The first-order valence-electron chi connectivity index (χ1n) is 7.21. The molecule has 2 heterocycles. The molecule has 0 saturated heterocycles. The molecule has 0 bridgehead atoms. The molecule has 0 radical (unpaired) electrons. The molecule has 1 aliphatic rings. The molecule has 0 atom stereocenters. The van der Waals surface area contributed by atoms with E-state index in [0.717, 1.165) is 25.7 Å². The molecule has 116 valence electrons. The maximum absolute atomic E-state index is 12.6. The highest BCUT2D eigenvalue weighted by Crippen LogP contribution is 2.26. The van der Waals surface area contributed by atoms with Gasteiger partial charge in [-0.1, -0.05) is 43.7 Å². The number of rotatable bonds is 3. The van der Waals surface area contributed by atoms with E-state index in [9.17, 15) is 8.42 Å². The molecule has 0 aliphatic heterocycles. The van der Waals surface area contributed by atoms with Crippen molar-refractivity contribution in [3.63, 3.8) is 0 Å². The van der Waals surface area contributed by atoms with E-state index in [-0.39, 0.29) is 16.2 Å². The molecule has 0 spiro atoms. The minimum atomic E-state index is -3.65. The van der Waals surface area contributed by atoms with Gasteiger partial charge in [0.1, 0.15) is 0 Å². The molecule has 1 aliphatic carbocycles. The highest BCUT2D eigenvalue weighted by molar-refractivity contribution is 7.89. The smallest absolute Gasteiger partial charge is 0.260 e. The Labute approximate surface area is 133 Å². The van der Waals surface area contributed by atoms with Gasteiger partial charge < -0.3 is 0 Å². The molecule has 3 rings (SSSR count). The summed E-state index contributed by atoms with van der Waals surface area (Å²) in [5, 5.41) is 1.90. The first-order chi connectivity index (χ1) is 10.1. The Hall–Kier alpha value is -0.630. The zero-order valence-corrected chi connectivity index (χ0v) is 14.0. The Morgan fingerprint density at radius 2 is 1.90 bits per heavy atom. The van der Waals surface area contributed by atoms with Crippen molar-refractivity contribution >= 4 is 37.9 Å². The van der Waals surface area contributed by atoms with E-state index in [1.807, 2.05) is 0 Å². The lowest BCUT2D eigenvalue weighted by Crippen LogP contribution is -2.36. The molecule has 0 amide bonds. The molecule has 2 aromatic heterocycles. The van der Waals surface area contributed by atoms with Crippen LogP contribution in [-0.2, 0) is 10.0 Å². The van der Waals surface area contributed by atoms with Gasteiger partial charge in [-0.05, 0) is 12.8 Å². The van der Waals surface area contributed by atoms with Gasteiger partial charge in [0.2, 0.25) is 0 Å². The Balaban J connectivity index is 1.85. The predicted molar refractivity (Wildman–Crippen MR) is 84.5 cm³/mol. The summed E-state index contributed by atoms with van der Waals surface area (Å²) in [7, 11) is -3.65. The Kier molecular flexibility index (Phi) is 4.54. The molecule has 1 fully saturated rings. The summed E-state index contributed by atoms with van der Waals surface area (Å²) < 4.78 is 29.6. The highest BCUT2D eigenvalue weighted by atomic mass is 35.5. The largest absolute Gasteiger partial charge is 0.279 e. The number of imidazole rings is 1. The maximum Gasteiger partial charge on any atom is 0.260 e. The number of aromatic nitrogens is 2. The average molecular weight is 348 g/mol. The second-order valence-corrected chi connectivity index (χ2v) is 8.29. The monoisotopic (exact) mass is 347 g/mol. The zero-order valence-electron chi connectivity index (χ0n) is 11.6. The molecule has 21 heavy (non-hydrogen) atoms. The van der Waals surface area contributed by atoms with Crippen molar-refractivity contribution in [1.82, 2.24) is 14.1 Å². The van der Waals surface area contributed by atoms with Gasteiger partial charge in [-0.3, -0.25) is 4.40 Å². The quantitative estimate of drug-likeness (QED) is 0.925. The topological polar surface area (TPSA) is 63.5 Å². The standard InChI is InChI=1S/C13H18ClN3O2S2/c14-11-12(17-8-9-20-13(17)15-11)21(18,19)16-10-6-4-2-1-3-5-7-10/h8-10,16H,1-7H2. The molecule has 0 unspecified atom stereocenters. The number of nitrogens with zero attached hydrogens (tertiary/aromatic N) is 2. The molecular weight excluding hydrogens is 330 g/mol. The van der Waals surface area contributed by atoms with Crippen LogP contribution in [0.2, 0.25) is 5.15 Å². The van der Waals surface area contributed by atoms with Gasteiger partial charge >= 0.3 is 0 Å². The molecule has 5 nitrogen and oxygen atoms in total. The van der Waals surface area contributed by atoms with Gasteiger partial charge in [0.25, 0.3) is 10.0 Å². The fourth-order valence-corrected chi connectivity index (χ4v) is 5.59. The number of halogens is 1. The SMILES string of the molecule is O=S(=O)(NC1CCCCCCC1)c1c(Cl)nc2sccn12. The van der Waals surface area contributed by atoms with E-state index >= 15 is 0 Å². The van der Waals surface area contributed by atoms with E-state index in [2.05, 4.69) is 9.71 Å². The van der Waals surface area contributed by atoms with Crippen molar-refractivity contribution in [3.8, 4) is 0 Å². The average Bonchev–Trinajstić information content (AvgIpc) is 2.91. The van der Waals surface area contributed by atoms with Crippen molar-refractivity contribution in [1.29, 1.82) is 0 Å². The van der Waals surface area contributed by atoms with Crippen molar-refractivity contribution in [2.75, 3.05) is 0 Å². The fourth-order valence-electron chi connectivity index (χ4n) is 2.83. The van der Waals surface area contributed by atoms with E-state index in [1.54, 1.807) is 11.6 Å². The third kappa shape index (κ3) is 3.26. The maximum atomic E-state index is 12.6. The molecule has 0 aromatic carbocycles. The van der Waals surface area contributed by atoms with Crippen LogP contribution < -0.4 is 4.72 Å². The number of sulfonamides is 1. The summed E-state index contributed by atoms with van der Waals surface area (Å²) in [6.45, 7) is 0. The summed E-state index contributed by atoms with van der Waals surface area (Å²) >= 11 is 7.39. The molecule has 1 N–H and O–H groups in total. The van der Waals surface area contributed by atoms with Gasteiger partial charge in [-0.25, -0.2) is 18.1 Å². The summed E-state index contributed by atoms with van der Waals surface area (Å²) in [6, 6.07) is -0.00412. The second kappa shape index (κ2) is 6.24. The third-order valence-corrected chi connectivity index (χ3v) is 6.54. The summed E-state index contributed by atoms with van der Waals surface area (Å²) in [4.78, 5) is 4.69. The summed E-state index contributed by atoms with van der Waals surface area (Å²) in [6.07, 6.45) is 9.23. The predicted octanol–water partition coefficient (Wildman–Crippen LogP) is 3.44. The molecular formula is C13H18ClN3O2S2. The minimum Gasteiger partial charge on any atom is -0.279 e. The molecule has 2 aromatic rings. The van der Waals surface area contributed by atoms with E-state index in [4.69, 9.17) is 11.6 Å². The van der Waals surface area contributed by atoms with Crippen molar-refractivity contribution in [3.05, 3.63) is 16.7 Å². The molecule has 1 saturated carbocycles. The van der Waals surface area contributed by atoms with Crippen LogP contribution in [0.15, 0.2) is 16.6 Å². The van der Waals surface area contributed by atoms with Crippen molar-refractivity contribution < 1.29 is 8.42 Å². The fraction of sp³-hybridized carbons (Fsp3) is 0.615. The number of thiazole rings is 1. The Morgan fingerprint density at radius 1 is 1.24 bits per heavy atom. The summed E-state index contributed by atoms with van der Waals surface area (Å²) in [5.41, 5.74) is 0. The molecule has 8 heteroatoms. The van der Waals surface area contributed by atoms with Gasteiger partial charge in [0, 0.05) is 17.6 Å². The van der Waals surface area contributed by atoms with Crippen LogP contribution in [-0.4, -0.2) is 23.8 Å². The van der Waals surface area contributed by atoms with Gasteiger partial charge in [0.05, 0.1) is 0 Å². The third-order valence-electron chi connectivity index (χ3n) is 3.86. The summed E-state index contributed by atoms with van der Waals surface area (Å²) in [5.74, 6) is 0. The van der Waals surface area contributed by atoms with Crippen LogP contribution in [0, 0.1) is 0 Å². The lowest BCUT2D eigenvalue weighted by atomic mass is 9.97. The Morgan fingerprint density at radius 3 is 2.62 bits per heavy atom. The van der Waals surface area contributed by atoms with Gasteiger partial charge in [-0.2, -0.15) is 0 Å². The van der Waals surface area contributed by atoms with Crippen molar-refractivity contribution in [2.45, 2.75) is 56.0 Å². The van der Waals surface area contributed by atoms with E-state index < -0.39 is 10.0 Å². The minimum absolute atomic E-state index is 0.00412. The number of fused-ring (bicyclic) bond motifs is 1. The zero-order chi connectivity index (χ0) is 14.9. The second-order valence-electron chi connectivity index (χ2n) is 5.43. The first kappa shape index (κ1) is 15.3. The number of hydrogen-bond acceptors (Lipinski definition) is 4. The van der Waals surface area contributed by atoms with Crippen LogP contribution in [0.5, 0.6) is 0 Å². The highest BCUT2D eigenvalue weighted by Gasteiger charge is 2.27.